The lowest BCUT2D eigenvalue weighted by atomic mass is 10.1. The van der Waals surface area contributed by atoms with Crippen molar-refractivity contribution >= 4 is 0 Å². The molecule has 16 heavy (non-hydrogen) atoms. The third-order valence-electron chi connectivity index (χ3n) is 3.98. The summed E-state index contributed by atoms with van der Waals surface area (Å²) < 4.78 is 5.90. The first-order valence-corrected chi connectivity index (χ1v) is 6.82. The fourth-order valence-electron chi connectivity index (χ4n) is 2.93. The van der Waals surface area contributed by atoms with E-state index in [0.29, 0.717) is 12.2 Å². The molecule has 0 aliphatic carbocycles. The molecular formula is C13H26N2O. The molecule has 3 heteroatoms. The molecule has 3 atom stereocenters. The maximum atomic E-state index is 5.90. The van der Waals surface area contributed by atoms with E-state index in [9.17, 15) is 0 Å². The van der Waals surface area contributed by atoms with Gasteiger partial charge in [-0.05, 0) is 59.2 Å². The van der Waals surface area contributed by atoms with Crippen LogP contribution in [0.1, 0.15) is 39.0 Å². The van der Waals surface area contributed by atoms with Gasteiger partial charge in [-0.3, -0.25) is 0 Å². The van der Waals surface area contributed by atoms with E-state index in [1.165, 1.54) is 45.2 Å². The lowest BCUT2D eigenvalue weighted by molar-refractivity contribution is 0.0271. The molecule has 0 radical (unpaired) electrons. The molecule has 2 saturated heterocycles. The Kier molecular flexibility index (Phi) is 4.62. The fraction of sp³-hybridized carbons (Fsp3) is 1.00. The quantitative estimate of drug-likeness (QED) is 0.791. The van der Waals surface area contributed by atoms with Gasteiger partial charge in [0.05, 0.1) is 12.2 Å². The predicted molar refractivity (Wildman–Crippen MR) is 66.7 cm³/mol. The average molecular weight is 226 g/mol. The van der Waals surface area contributed by atoms with Crippen molar-refractivity contribution in [2.75, 3.05) is 26.7 Å². The van der Waals surface area contributed by atoms with Crippen LogP contribution < -0.4 is 5.32 Å². The lowest BCUT2D eigenvalue weighted by Gasteiger charge is -2.29. The highest BCUT2D eigenvalue weighted by molar-refractivity contribution is 4.79. The first-order valence-electron chi connectivity index (χ1n) is 6.82. The molecule has 3 nitrogen and oxygen atoms in total. The summed E-state index contributed by atoms with van der Waals surface area (Å²) in [5, 5.41) is 3.47. The third-order valence-corrected chi connectivity index (χ3v) is 3.98. The molecule has 2 rings (SSSR count). The molecule has 0 amide bonds. The highest BCUT2D eigenvalue weighted by Gasteiger charge is 2.25. The van der Waals surface area contributed by atoms with Crippen LogP contribution in [0.25, 0.3) is 0 Å². The maximum Gasteiger partial charge on any atom is 0.0706 e. The van der Waals surface area contributed by atoms with Crippen molar-refractivity contribution in [3.63, 3.8) is 0 Å². The largest absolute Gasteiger partial charge is 0.374 e. The van der Waals surface area contributed by atoms with Crippen molar-refractivity contribution in [1.29, 1.82) is 0 Å². The van der Waals surface area contributed by atoms with Gasteiger partial charge in [0.1, 0.15) is 0 Å². The molecule has 0 bridgehead atoms. The first-order chi connectivity index (χ1) is 7.75. The maximum absolute atomic E-state index is 5.90. The molecule has 94 valence electrons. The Labute approximate surface area is 99.5 Å². The second-order valence-corrected chi connectivity index (χ2v) is 5.42. The number of hydrogen-bond donors (Lipinski definition) is 1. The molecular weight excluding hydrogens is 200 g/mol. The average Bonchev–Trinajstić information content (AvgIpc) is 2.56. The van der Waals surface area contributed by atoms with Crippen LogP contribution >= 0.6 is 0 Å². The summed E-state index contributed by atoms with van der Waals surface area (Å²) >= 11 is 0. The second-order valence-electron chi connectivity index (χ2n) is 5.42. The molecule has 2 fully saturated rings. The summed E-state index contributed by atoms with van der Waals surface area (Å²) in [6.45, 7) is 5.68. The number of nitrogens with zero attached hydrogens (tertiary/aromatic N) is 1. The SMILES string of the molecule is CC1CCC(CN(C)C2CCCNCC2)O1. The van der Waals surface area contributed by atoms with E-state index in [1.807, 2.05) is 0 Å². The Hall–Kier alpha value is -0.120. The summed E-state index contributed by atoms with van der Waals surface area (Å²) in [5.74, 6) is 0. The van der Waals surface area contributed by atoms with Gasteiger partial charge >= 0.3 is 0 Å². The molecule has 1 N–H and O–H groups in total. The zero-order valence-electron chi connectivity index (χ0n) is 10.7. The van der Waals surface area contributed by atoms with Crippen molar-refractivity contribution < 1.29 is 4.74 Å². The van der Waals surface area contributed by atoms with Crippen LogP contribution in [0, 0.1) is 0 Å². The van der Waals surface area contributed by atoms with Crippen LogP contribution in [0.4, 0.5) is 0 Å². The van der Waals surface area contributed by atoms with Crippen LogP contribution in [-0.2, 0) is 4.74 Å². The second kappa shape index (κ2) is 5.99. The zero-order chi connectivity index (χ0) is 11.4. The van der Waals surface area contributed by atoms with E-state index in [1.54, 1.807) is 0 Å². The van der Waals surface area contributed by atoms with Crippen LogP contribution in [-0.4, -0.2) is 49.8 Å². The van der Waals surface area contributed by atoms with Crippen LogP contribution in [0.3, 0.4) is 0 Å². The Bertz CT molecular complexity index is 202. The number of nitrogens with one attached hydrogen (secondary N) is 1. The Morgan fingerprint density at radius 3 is 2.81 bits per heavy atom. The van der Waals surface area contributed by atoms with Crippen molar-refractivity contribution in [3.05, 3.63) is 0 Å². The molecule has 0 aromatic heterocycles. The standard InChI is InChI=1S/C13H26N2O/c1-11-5-6-13(16-11)10-15(2)12-4-3-8-14-9-7-12/h11-14H,3-10H2,1-2H3. The highest BCUT2D eigenvalue weighted by atomic mass is 16.5. The van der Waals surface area contributed by atoms with Crippen LogP contribution in [0.5, 0.6) is 0 Å². The van der Waals surface area contributed by atoms with Gasteiger partial charge < -0.3 is 15.0 Å². The van der Waals surface area contributed by atoms with E-state index in [-0.39, 0.29) is 0 Å². The normalized spacial score (nSPS) is 36.6. The van der Waals surface area contributed by atoms with Crippen molar-refractivity contribution in [3.8, 4) is 0 Å². The minimum atomic E-state index is 0.481. The van der Waals surface area contributed by atoms with Gasteiger partial charge in [-0.15, -0.1) is 0 Å². The molecule has 0 spiro atoms. The van der Waals surface area contributed by atoms with Crippen molar-refractivity contribution in [1.82, 2.24) is 10.2 Å². The first kappa shape index (κ1) is 12.3. The van der Waals surface area contributed by atoms with Gasteiger partial charge in [-0.1, -0.05) is 0 Å². The van der Waals surface area contributed by atoms with E-state index in [2.05, 4.69) is 24.2 Å². The summed E-state index contributed by atoms with van der Waals surface area (Å²) in [6, 6.07) is 0.759. The summed E-state index contributed by atoms with van der Waals surface area (Å²) in [7, 11) is 2.27. The minimum absolute atomic E-state index is 0.481. The predicted octanol–water partition coefficient (Wildman–Crippen LogP) is 1.63. The third kappa shape index (κ3) is 3.44. The van der Waals surface area contributed by atoms with E-state index in [0.717, 1.165) is 12.6 Å². The minimum Gasteiger partial charge on any atom is -0.374 e. The summed E-state index contributed by atoms with van der Waals surface area (Å²) in [5.41, 5.74) is 0. The Morgan fingerprint density at radius 2 is 2.06 bits per heavy atom. The van der Waals surface area contributed by atoms with Crippen LogP contribution in [0.15, 0.2) is 0 Å². The number of hydrogen-bond acceptors (Lipinski definition) is 3. The van der Waals surface area contributed by atoms with Gasteiger partial charge in [0.15, 0.2) is 0 Å². The monoisotopic (exact) mass is 226 g/mol. The van der Waals surface area contributed by atoms with E-state index >= 15 is 0 Å². The van der Waals surface area contributed by atoms with Gasteiger partial charge in [-0.2, -0.15) is 0 Å². The fourth-order valence-corrected chi connectivity index (χ4v) is 2.93. The van der Waals surface area contributed by atoms with E-state index in [4.69, 9.17) is 4.74 Å². The van der Waals surface area contributed by atoms with Gasteiger partial charge in [0, 0.05) is 12.6 Å². The van der Waals surface area contributed by atoms with Gasteiger partial charge in [0.2, 0.25) is 0 Å². The van der Waals surface area contributed by atoms with Crippen molar-refractivity contribution in [2.45, 2.75) is 57.3 Å². The number of rotatable bonds is 3. The number of likely N-dealkylation sites (N-methyl/N-ethyl adjacent to an activating group) is 1. The zero-order valence-corrected chi connectivity index (χ0v) is 10.7. The smallest absolute Gasteiger partial charge is 0.0706 e. The molecule has 0 aromatic rings. The van der Waals surface area contributed by atoms with Gasteiger partial charge in [-0.25, -0.2) is 0 Å². The topological polar surface area (TPSA) is 24.5 Å². The Morgan fingerprint density at radius 1 is 1.19 bits per heavy atom. The summed E-state index contributed by atoms with van der Waals surface area (Å²) in [4.78, 5) is 2.52. The highest BCUT2D eigenvalue weighted by Crippen LogP contribution is 2.21. The van der Waals surface area contributed by atoms with Gasteiger partial charge in [0.25, 0.3) is 0 Å². The molecule has 2 aliphatic heterocycles. The van der Waals surface area contributed by atoms with E-state index < -0.39 is 0 Å². The Balaban J connectivity index is 1.75. The molecule has 2 aliphatic rings. The van der Waals surface area contributed by atoms with Crippen molar-refractivity contribution in [2.24, 2.45) is 0 Å². The lowest BCUT2D eigenvalue weighted by Crippen LogP contribution is -2.38. The van der Waals surface area contributed by atoms with Crippen LogP contribution in [0.2, 0.25) is 0 Å². The molecule has 2 heterocycles. The summed E-state index contributed by atoms with van der Waals surface area (Å²) in [6.07, 6.45) is 7.40. The number of ether oxygens (including phenoxy) is 1. The molecule has 0 saturated carbocycles. The molecule has 3 unspecified atom stereocenters. The molecule has 0 aromatic carbocycles.